The Kier molecular flexibility index (Phi) is 3.99. The normalized spacial score (nSPS) is 13.6. The van der Waals surface area contributed by atoms with Gasteiger partial charge in [0.25, 0.3) is 0 Å². The predicted octanol–water partition coefficient (Wildman–Crippen LogP) is 4.26. The van der Waals surface area contributed by atoms with Crippen molar-refractivity contribution in [2.24, 2.45) is 5.73 Å². The number of hydrogen-bond acceptors (Lipinski definition) is 2. The molecule has 0 aliphatic rings. The lowest BCUT2D eigenvalue weighted by atomic mass is 9.95. The molecule has 0 aliphatic carbocycles. The third kappa shape index (κ3) is 3.36. The maximum absolute atomic E-state index is 6.38. The van der Waals surface area contributed by atoms with Gasteiger partial charge in [0.05, 0.1) is 0 Å². The van der Waals surface area contributed by atoms with Crippen LogP contribution >= 0.6 is 0 Å². The first-order valence-electron chi connectivity index (χ1n) is 6.52. The van der Waals surface area contributed by atoms with Crippen molar-refractivity contribution in [1.82, 2.24) is 0 Å². The summed E-state index contributed by atoms with van der Waals surface area (Å²) in [6.07, 6.45) is 0. The zero-order valence-electron chi connectivity index (χ0n) is 12.8. The molecule has 2 N–H and O–H groups in total. The molecule has 0 atom stereocenters. The van der Waals surface area contributed by atoms with Gasteiger partial charge in [-0.25, -0.2) is 0 Å². The smallest absolute Gasteiger partial charge is 0.250 e. The predicted molar refractivity (Wildman–Crippen MR) is 81.5 cm³/mol. The van der Waals surface area contributed by atoms with Gasteiger partial charge >= 0.3 is 0 Å². The first-order valence-corrected chi connectivity index (χ1v) is 9.43. The van der Waals surface area contributed by atoms with Crippen LogP contribution < -0.4 is 10.2 Å². The summed E-state index contributed by atoms with van der Waals surface area (Å²) in [5.41, 5.74) is 6.92. The molecule has 1 rings (SSSR count). The minimum atomic E-state index is -1.81. The summed E-state index contributed by atoms with van der Waals surface area (Å²) in [5.74, 6) is 0.941. The highest BCUT2D eigenvalue weighted by Crippen LogP contribution is 2.39. The minimum absolute atomic E-state index is 0.193. The SMILES string of the molecule is CC(C)(N)c1ccccc1O[Si](C)(C)C(C)(C)C. The first-order chi connectivity index (χ1) is 7.95. The zero-order chi connectivity index (χ0) is 14.2. The second-order valence-corrected chi connectivity index (χ2v) is 11.8. The minimum Gasteiger partial charge on any atom is -0.543 e. The molecule has 0 saturated carbocycles. The topological polar surface area (TPSA) is 35.2 Å². The highest BCUT2D eigenvalue weighted by molar-refractivity contribution is 6.74. The second kappa shape index (κ2) is 4.70. The van der Waals surface area contributed by atoms with Crippen LogP contribution in [0.4, 0.5) is 0 Å². The van der Waals surface area contributed by atoms with Crippen LogP contribution in [-0.4, -0.2) is 8.32 Å². The summed E-state index contributed by atoms with van der Waals surface area (Å²) in [5, 5.41) is 0.193. The van der Waals surface area contributed by atoms with Gasteiger partial charge in [-0.3, -0.25) is 0 Å². The Morgan fingerprint density at radius 1 is 1.00 bits per heavy atom. The van der Waals surface area contributed by atoms with E-state index in [0.29, 0.717) is 0 Å². The van der Waals surface area contributed by atoms with Gasteiger partial charge in [0, 0.05) is 11.1 Å². The number of rotatable bonds is 3. The molecule has 1 aromatic rings. The Hall–Kier alpha value is -0.803. The number of nitrogens with two attached hydrogens (primary N) is 1. The van der Waals surface area contributed by atoms with Gasteiger partial charge < -0.3 is 10.2 Å². The quantitative estimate of drug-likeness (QED) is 0.829. The fraction of sp³-hybridized carbons (Fsp3) is 0.600. The van der Waals surface area contributed by atoms with Gasteiger partial charge in [0.2, 0.25) is 8.32 Å². The van der Waals surface area contributed by atoms with Crippen LogP contribution in [-0.2, 0) is 5.54 Å². The molecule has 0 amide bonds. The van der Waals surface area contributed by atoms with Crippen molar-refractivity contribution in [1.29, 1.82) is 0 Å². The van der Waals surface area contributed by atoms with E-state index >= 15 is 0 Å². The van der Waals surface area contributed by atoms with E-state index in [1.807, 2.05) is 32.0 Å². The van der Waals surface area contributed by atoms with Crippen LogP contribution in [0.1, 0.15) is 40.2 Å². The monoisotopic (exact) mass is 265 g/mol. The lowest BCUT2D eigenvalue weighted by Gasteiger charge is -2.38. The standard InChI is InChI=1S/C15H27NOSi/c1-14(2,3)18(6,7)17-13-11-9-8-10-12(13)15(4,5)16/h8-11H,16H2,1-7H3. The van der Waals surface area contributed by atoms with Crippen molar-refractivity contribution in [3.05, 3.63) is 29.8 Å². The lowest BCUT2D eigenvalue weighted by molar-refractivity contribution is 0.461. The fourth-order valence-corrected chi connectivity index (χ4v) is 2.55. The zero-order valence-corrected chi connectivity index (χ0v) is 13.8. The Bertz CT molecular complexity index is 413. The van der Waals surface area contributed by atoms with Crippen LogP contribution in [0.2, 0.25) is 18.1 Å². The molecule has 0 aliphatic heterocycles. The largest absolute Gasteiger partial charge is 0.543 e. The highest BCUT2D eigenvalue weighted by atomic mass is 28.4. The van der Waals surface area contributed by atoms with Gasteiger partial charge in [0.15, 0.2) is 0 Å². The van der Waals surface area contributed by atoms with Gasteiger partial charge in [-0.15, -0.1) is 0 Å². The molecular formula is C15H27NOSi. The van der Waals surface area contributed by atoms with E-state index in [1.54, 1.807) is 0 Å². The molecule has 0 saturated heterocycles. The van der Waals surface area contributed by atoms with Gasteiger partial charge in [-0.05, 0) is 38.0 Å². The van der Waals surface area contributed by atoms with E-state index in [-0.39, 0.29) is 10.6 Å². The maximum Gasteiger partial charge on any atom is 0.250 e. The summed E-state index contributed by atoms with van der Waals surface area (Å²) < 4.78 is 6.38. The Morgan fingerprint density at radius 3 is 1.94 bits per heavy atom. The molecule has 0 aromatic heterocycles. The third-order valence-corrected chi connectivity index (χ3v) is 8.10. The number of benzene rings is 1. The Morgan fingerprint density at radius 2 is 1.50 bits per heavy atom. The molecule has 1 aromatic carbocycles. The molecule has 0 heterocycles. The number of hydrogen-bond donors (Lipinski definition) is 1. The van der Waals surface area contributed by atoms with Crippen molar-refractivity contribution in [2.45, 2.75) is 58.3 Å². The van der Waals surface area contributed by atoms with Gasteiger partial charge in [-0.2, -0.15) is 0 Å². The average molecular weight is 265 g/mol. The molecule has 18 heavy (non-hydrogen) atoms. The summed E-state index contributed by atoms with van der Waals surface area (Å²) >= 11 is 0. The summed E-state index contributed by atoms with van der Waals surface area (Å²) in [6, 6.07) is 8.12. The van der Waals surface area contributed by atoms with E-state index in [1.165, 1.54) is 0 Å². The van der Waals surface area contributed by atoms with Gasteiger partial charge in [0.1, 0.15) is 5.75 Å². The molecule has 0 unspecified atom stereocenters. The number of para-hydroxylation sites is 1. The van der Waals surface area contributed by atoms with E-state index in [0.717, 1.165) is 11.3 Å². The van der Waals surface area contributed by atoms with Crippen molar-refractivity contribution in [3.63, 3.8) is 0 Å². The Balaban J connectivity index is 3.14. The molecule has 0 bridgehead atoms. The van der Waals surface area contributed by atoms with E-state index < -0.39 is 8.32 Å². The van der Waals surface area contributed by atoms with Crippen LogP contribution in [0.15, 0.2) is 24.3 Å². The molecule has 0 radical (unpaired) electrons. The van der Waals surface area contributed by atoms with E-state index in [2.05, 4.69) is 39.9 Å². The maximum atomic E-state index is 6.38. The summed E-state index contributed by atoms with van der Waals surface area (Å²) in [4.78, 5) is 0. The lowest BCUT2D eigenvalue weighted by Crippen LogP contribution is -2.44. The van der Waals surface area contributed by atoms with Crippen LogP contribution in [0.25, 0.3) is 0 Å². The second-order valence-electron chi connectivity index (χ2n) is 7.08. The highest BCUT2D eigenvalue weighted by Gasteiger charge is 2.39. The first kappa shape index (κ1) is 15.3. The molecule has 0 fully saturated rings. The van der Waals surface area contributed by atoms with E-state index in [9.17, 15) is 0 Å². The van der Waals surface area contributed by atoms with Crippen LogP contribution in [0, 0.1) is 0 Å². The van der Waals surface area contributed by atoms with Crippen molar-refractivity contribution < 1.29 is 4.43 Å². The van der Waals surface area contributed by atoms with Crippen molar-refractivity contribution in [3.8, 4) is 5.75 Å². The van der Waals surface area contributed by atoms with Crippen LogP contribution in [0.5, 0.6) is 5.75 Å². The molecule has 102 valence electrons. The molecule has 0 spiro atoms. The summed E-state index contributed by atoms with van der Waals surface area (Å²) in [7, 11) is -1.81. The Labute approximate surface area is 113 Å². The third-order valence-electron chi connectivity index (χ3n) is 3.75. The van der Waals surface area contributed by atoms with Crippen molar-refractivity contribution in [2.75, 3.05) is 0 Å². The molecule has 2 nitrogen and oxygen atoms in total. The van der Waals surface area contributed by atoms with Gasteiger partial charge in [-0.1, -0.05) is 39.0 Å². The fourth-order valence-electron chi connectivity index (χ4n) is 1.52. The van der Waals surface area contributed by atoms with Crippen LogP contribution in [0.3, 0.4) is 0 Å². The molecule has 3 heteroatoms. The van der Waals surface area contributed by atoms with E-state index in [4.69, 9.17) is 10.2 Å². The van der Waals surface area contributed by atoms with Crippen molar-refractivity contribution >= 4 is 8.32 Å². The molecular weight excluding hydrogens is 238 g/mol. The summed E-state index contributed by atoms with van der Waals surface area (Å²) in [6.45, 7) is 15.3. The average Bonchev–Trinajstić information content (AvgIpc) is 2.14.